The Kier molecular flexibility index (Phi) is 5.93. The SMILES string of the molecule is CCCCN1CCn2nc(CNC(=O)Nc3cccc(C)c3C)cc2C1. The zero-order valence-corrected chi connectivity index (χ0v) is 16.0. The first kappa shape index (κ1) is 18.5. The van der Waals surface area contributed by atoms with Gasteiger partial charge in [0.2, 0.25) is 0 Å². The molecule has 26 heavy (non-hydrogen) atoms. The van der Waals surface area contributed by atoms with Crippen LogP contribution in [0, 0.1) is 13.8 Å². The Labute approximate surface area is 155 Å². The van der Waals surface area contributed by atoms with E-state index in [1.54, 1.807) is 0 Å². The third-order valence-corrected chi connectivity index (χ3v) is 5.04. The van der Waals surface area contributed by atoms with Gasteiger partial charge < -0.3 is 10.6 Å². The largest absolute Gasteiger partial charge is 0.332 e. The molecule has 0 unspecified atom stereocenters. The molecular weight excluding hydrogens is 326 g/mol. The van der Waals surface area contributed by atoms with Crippen LogP contribution < -0.4 is 10.6 Å². The highest BCUT2D eigenvalue weighted by atomic mass is 16.2. The minimum atomic E-state index is -0.200. The summed E-state index contributed by atoms with van der Waals surface area (Å²) in [6.07, 6.45) is 2.46. The number of amides is 2. The highest BCUT2D eigenvalue weighted by Gasteiger charge is 2.18. The first-order valence-electron chi connectivity index (χ1n) is 9.46. The molecule has 0 radical (unpaired) electrons. The lowest BCUT2D eigenvalue weighted by Crippen LogP contribution is -2.34. The zero-order chi connectivity index (χ0) is 18.5. The molecule has 2 heterocycles. The van der Waals surface area contributed by atoms with E-state index in [9.17, 15) is 4.79 Å². The average molecular weight is 355 g/mol. The summed E-state index contributed by atoms with van der Waals surface area (Å²) in [7, 11) is 0. The third-order valence-electron chi connectivity index (χ3n) is 5.04. The van der Waals surface area contributed by atoms with E-state index in [4.69, 9.17) is 0 Å². The van der Waals surface area contributed by atoms with Gasteiger partial charge >= 0.3 is 6.03 Å². The van der Waals surface area contributed by atoms with Gasteiger partial charge in [-0.05, 0) is 50.1 Å². The average Bonchev–Trinajstić information content (AvgIpc) is 3.04. The molecule has 0 spiro atoms. The van der Waals surface area contributed by atoms with Gasteiger partial charge in [-0.25, -0.2) is 4.79 Å². The number of unbranched alkanes of at least 4 members (excludes halogenated alkanes) is 1. The fraction of sp³-hybridized carbons (Fsp3) is 0.500. The molecule has 0 saturated heterocycles. The summed E-state index contributed by atoms with van der Waals surface area (Å²) in [5, 5.41) is 10.5. The summed E-state index contributed by atoms with van der Waals surface area (Å²) in [6.45, 7) is 10.8. The van der Waals surface area contributed by atoms with E-state index < -0.39 is 0 Å². The maximum atomic E-state index is 12.2. The van der Waals surface area contributed by atoms with Crippen LogP contribution in [-0.2, 0) is 19.6 Å². The molecule has 1 aromatic carbocycles. The number of fused-ring (bicyclic) bond motifs is 1. The second-order valence-electron chi connectivity index (χ2n) is 7.04. The van der Waals surface area contributed by atoms with Crippen molar-refractivity contribution < 1.29 is 4.79 Å². The molecule has 1 aliphatic rings. The Balaban J connectivity index is 1.53. The van der Waals surface area contributed by atoms with Crippen molar-refractivity contribution in [3.63, 3.8) is 0 Å². The van der Waals surface area contributed by atoms with Gasteiger partial charge in [0, 0.05) is 18.8 Å². The maximum absolute atomic E-state index is 12.2. The summed E-state index contributed by atoms with van der Waals surface area (Å²) in [5.41, 5.74) is 5.25. The Morgan fingerprint density at radius 1 is 1.27 bits per heavy atom. The normalized spacial score (nSPS) is 14.1. The van der Waals surface area contributed by atoms with Crippen LogP contribution in [0.2, 0.25) is 0 Å². The van der Waals surface area contributed by atoms with Crippen LogP contribution in [0.25, 0.3) is 0 Å². The standard InChI is InChI=1S/C20H29N5O/c1-4-5-9-24-10-11-25-18(14-24)12-17(23-25)13-21-20(26)22-19-8-6-7-15(2)16(19)3/h6-8,12H,4-5,9-11,13-14H2,1-3H3,(H2,21,22,26). The Hall–Kier alpha value is -2.34. The van der Waals surface area contributed by atoms with Crippen molar-refractivity contribution in [2.24, 2.45) is 0 Å². The minimum Gasteiger partial charge on any atom is -0.332 e. The molecular formula is C20H29N5O. The summed E-state index contributed by atoms with van der Waals surface area (Å²) >= 11 is 0. The summed E-state index contributed by atoms with van der Waals surface area (Å²) < 4.78 is 2.07. The molecule has 6 heteroatoms. The van der Waals surface area contributed by atoms with Gasteiger partial charge in [0.05, 0.1) is 24.5 Å². The molecule has 0 atom stereocenters. The highest BCUT2D eigenvalue weighted by Crippen LogP contribution is 2.18. The summed E-state index contributed by atoms with van der Waals surface area (Å²) in [6, 6.07) is 7.82. The van der Waals surface area contributed by atoms with Gasteiger partial charge in [0.1, 0.15) is 0 Å². The Morgan fingerprint density at radius 2 is 2.12 bits per heavy atom. The van der Waals surface area contributed by atoms with E-state index in [1.165, 1.54) is 18.5 Å². The molecule has 0 aliphatic carbocycles. The van der Waals surface area contributed by atoms with Crippen molar-refractivity contribution >= 4 is 11.7 Å². The summed E-state index contributed by atoms with van der Waals surface area (Å²) in [4.78, 5) is 14.7. The van der Waals surface area contributed by atoms with E-state index >= 15 is 0 Å². The maximum Gasteiger partial charge on any atom is 0.319 e. The number of nitrogens with zero attached hydrogens (tertiary/aromatic N) is 3. The predicted molar refractivity (Wildman–Crippen MR) is 104 cm³/mol. The first-order valence-corrected chi connectivity index (χ1v) is 9.46. The molecule has 0 fully saturated rings. The molecule has 2 aromatic rings. The van der Waals surface area contributed by atoms with Crippen LogP contribution in [0.1, 0.15) is 42.3 Å². The van der Waals surface area contributed by atoms with Crippen LogP contribution in [0.5, 0.6) is 0 Å². The van der Waals surface area contributed by atoms with Gasteiger partial charge in [0.25, 0.3) is 0 Å². The lowest BCUT2D eigenvalue weighted by molar-refractivity contribution is 0.210. The third kappa shape index (κ3) is 4.43. The number of aryl methyl sites for hydroxylation is 1. The fourth-order valence-electron chi connectivity index (χ4n) is 3.26. The van der Waals surface area contributed by atoms with Crippen LogP contribution >= 0.6 is 0 Å². The van der Waals surface area contributed by atoms with E-state index in [0.717, 1.165) is 48.7 Å². The van der Waals surface area contributed by atoms with Crippen molar-refractivity contribution in [1.82, 2.24) is 20.0 Å². The molecule has 6 nitrogen and oxygen atoms in total. The molecule has 2 N–H and O–H groups in total. The minimum absolute atomic E-state index is 0.200. The van der Waals surface area contributed by atoms with Gasteiger partial charge in [0.15, 0.2) is 0 Å². The zero-order valence-electron chi connectivity index (χ0n) is 16.0. The van der Waals surface area contributed by atoms with Gasteiger partial charge in [-0.1, -0.05) is 25.5 Å². The number of anilines is 1. The number of hydrogen-bond donors (Lipinski definition) is 2. The number of aromatic nitrogens is 2. The van der Waals surface area contributed by atoms with Gasteiger partial charge in [-0.3, -0.25) is 9.58 Å². The Morgan fingerprint density at radius 3 is 2.92 bits per heavy atom. The van der Waals surface area contributed by atoms with Gasteiger partial charge in [-0.2, -0.15) is 5.10 Å². The number of hydrogen-bond acceptors (Lipinski definition) is 3. The molecule has 0 saturated carbocycles. The fourth-order valence-corrected chi connectivity index (χ4v) is 3.26. The molecule has 1 aliphatic heterocycles. The number of nitrogens with one attached hydrogen (secondary N) is 2. The van der Waals surface area contributed by atoms with Crippen molar-refractivity contribution in [3.8, 4) is 0 Å². The van der Waals surface area contributed by atoms with Crippen LogP contribution in [-0.4, -0.2) is 33.8 Å². The first-order chi connectivity index (χ1) is 12.6. The lowest BCUT2D eigenvalue weighted by Gasteiger charge is -2.27. The lowest BCUT2D eigenvalue weighted by atomic mass is 10.1. The van der Waals surface area contributed by atoms with E-state index in [0.29, 0.717) is 6.54 Å². The molecule has 140 valence electrons. The smallest absolute Gasteiger partial charge is 0.319 e. The second kappa shape index (κ2) is 8.36. The topological polar surface area (TPSA) is 62.2 Å². The van der Waals surface area contributed by atoms with E-state index in [1.807, 2.05) is 32.0 Å². The van der Waals surface area contributed by atoms with Crippen LogP contribution in [0.15, 0.2) is 24.3 Å². The van der Waals surface area contributed by atoms with Crippen molar-refractivity contribution in [1.29, 1.82) is 0 Å². The van der Waals surface area contributed by atoms with Crippen molar-refractivity contribution in [2.45, 2.75) is 53.2 Å². The molecule has 1 aromatic heterocycles. The summed E-state index contributed by atoms with van der Waals surface area (Å²) in [5.74, 6) is 0. The monoisotopic (exact) mass is 355 g/mol. The van der Waals surface area contributed by atoms with Crippen molar-refractivity contribution in [2.75, 3.05) is 18.4 Å². The Bertz CT molecular complexity index is 768. The van der Waals surface area contributed by atoms with E-state index in [2.05, 4.69) is 38.3 Å². The number of rotatable bonds is 6. The number of urea groups is 1. The molecule has 2 amide bonds. The molecule has 3 rings (SSSR count). The predicted octanol–water partition coefficient (Wildman–Crippen LogP) is 3.44. The van der Waals surface area contributed by atoms with Crippen LogP contribution in [0.4, 0.5) is 10.5 Å². The van der Waals surface area contributed by atoms with Crippen LogP contribution in [0.3, 0.4) is 0 Å². The highest BCUT2D eigenvalue weighted by molar-refractivity contribution is 5.90. The number of carbonyl (C=O) groups is 1. The number of carbonyl (C=O) groups excluding carboxylic acids is 1. The number of benzene rings is 1. The second-order valence-corrected chi connectivity index (χ2v) is 7.04. The molecule has 0 bridgehead atoms. The van der Waals surface area contributed by atoms with Crippen molar-refractivity contribution in [3.05, 3.63) is 46.8 Å². The van der Waals surface area contributed by atoms with Gasteiger partial charge in [-0.15, -0.1) is 0 Å². The quantitative estimate of drug-likeness (QED) is 0.834. The van der Waals surface area contributed by atoms with E-state index in [-0.39, 0.29) is 6.03 Å².